The molecule has 2 atom stereocenters. The van der Waals surface area contributed by atoms with Crippen molar-refractivity contribution >= 4 is 0 Å². The summed E-state index contributed by atoms with van der Waals surface area (Å²) in [5.41, 5.74) is 4.60. The Hall–Kier alpha value is -0.860. The number of aryl methyl sites for hydroxylation is 2. The molecule has 0 heterocycles. The van der Waals surface area contributed by atoms with Crippen LogP contribution >= 0.6 is 0 Å². The molecule has 1 aliphatic rings. The van der Waals surface area contributed by atoms with Crippen molar-refractivity contribution in [1.82, 2.24) is 10.6 Å². The van der Waals surface area contributed by atoms with Gasteiger partial charge in [-0.05, 0) is 62.5 Å². The van der Waals surface area contributed by atoms with Crippen LogP contribution in [0.4, 0.5) is 0 Å². The van der Waals surface area contributed by atoms with Crippen molar-refractivity contribution in [3.05, 3.63) is 34.9 Å². The van der Waals surface area contributed by atoms with Gasteiger partial charge in [0.2, 0.25) is 0 Å². The summed E-state index contributed by atoms with van der Waals surface area (Å²) in [6.07, 6.45) is 5.07. The lowest BCUT2D eigenvalue weighted by Gasteiger charge is -2.26. The standard InChI is InChI=1S/C16H26N2/c1-4-12(11-17-2)16(18-3)15-9-8-13-6-5-7-14(13)10-15/h8-10,12,16-18H,4-7,11H2,1-3H3. The second kappa shape index (κ2) is 6.35. The highest BCUT2D eigenvalue weighted by Gasteiger charge is 2.21. The number of rotatable bonds is 6. The lowest BCUT2D eigenvalue weighted by molar-refractivity contribution is 0.359. The van der Waals surface area contributed by atoms with Gasteiger partial charge in [-0.3, -0.25) is 0 Å². The van der Waals surface area contributed by atoms with Crippen LogP contribution < -0.4 is 10.6 Å². The second-order valence-electron chi connectivity index (χ2n) is 5.37. The summed E-state index contributed by atoms with van der Waals surface area (Å²) in [6, 6.07) is 7.56. The molecule has 2 unspecified atom stereocenters. The first-order valence-electron chi connectivity index (χ1n) is 7.23. The molecule has 1 aromatic carbocycles. The summed E-state index contributed by atoms with van der Waals surface area (Å²) in [6.45, 7) is 3.35. The van der Waals surface area contributed by atoms with E-state index in [1.807, 2.05) is 7.05 Å². The average Bonchev–Trinajstić information content (AvgIpc) is 2.86. The first-order valence-corrected chi connectivity index (χ1v) is 7.23. The molecule has 0 aliphatic heterocycles. The maximum atomic E-state index is 3.51. The van der Waals surface area contributed by atoms with Crippen LogP contribution in [0.3, 0.4) is 0 Å². The van der Waals surface area contributed by atoms with Crippen LogP contribution in [0.15, 0.2) is 18.2 Å². The van der Waals surface area contributed by atoms with Crippen LogP contribution in [0.5, 0.6) is 0 Å². The van der Waals surface area contributed by atoms with Crippen molar-refractivity contribution < 1.29 is 0 Å². The molecule has 2 nitrogen and oxygen atoms in total. The summed E-state index contributed by atoms with van der Waals surface area (Å²) in [4.78, 5) is 0. The minimum absolute atomic E-state index is 0.466. The van der Waals surface area contributed by atoms with Gasteiger partial charge in [-0.15, -0.1) is 0 Å². The number of fused-ring (bicyclic) bond motifs is 1. The molecule has 18 heavy (non-hydrogen) atoms. The first-order chi connectivity index (χ1) is 8.80. The first kappa shape index (κ1) is 13.6. The third-order valence-electron chi connectivity index (χ3n) is 4.25. The third kappa shape index (κ3) is 2.76. The normalized spacial score (nSPS) is 17.5. The number of hydrogen-bond donors (Lipinski definition) is 2. The Morgan fingerprint density at radius 1 is 1.17 bits per heavy atom. The van der Waals surface area contributed by atoms with E-state index in [1.165, 1.54) is 31.2 Å². The Bertz CT molecular complexity index is 387. The smallest absolute Gasteiger partial charge is 0.0358 e. The average molecular weight is 246 g/mol. The van der Waals surface area contributed by atoms with Crippen molar-refractivity contribution in [2.24, 2.45) is 5.92 Å². The molecule has 1 aliphatic carbocycles. The molecular weight excluding hydrogens is 220 g/mol. The van der Waals surface area contributed by atoms with E-state index in [2.05, 4.69) is 42.8 Å². The molecule has 0 aromatic heterocycles. The van der Waals surface area contributed by atoms with Gasteiger partial charge in [0.25, 0.3) is 0 Å². The van der Waals surface area contributed by atoms with E-state index in [1.54, 1.807) is 11.1 Å². The van der Waals surface area contributed by atoms with Crippen molar-refractivity contribution in [2.75, 3.05) is 20.6 Å². The van der Waals surface area contributed by atoms with Gasteiger partial charge in [-0.25, -0.2) is 0 Å². The van der Waals surface area contributed by atoms with Crippen molar-refractivity contribution in [3.63, 3.8) is 0 Å². The van der Waals surface area contributed by atoms with Crippen LogP contribution in [-0.4, -0.2) is 20.6 Å². The maximum Gasteiger partial charge on any atom is 0.0358 e. The minimum Gasteiger partial charge on any atom is -0.319 e. The van der Waals surface area contributed by atoms with E-state index in [0.29, 0.717) is 12.0 Å². The van der Waals surface area contributed by atoms with E-state index < -0.39 is 0 Å². The van der Waals surface area contributed by atoms with E-state index in [0.717, 1.165) is 6.54 Å². The van der Waals surface area contributed by atoms with Crippen LogP contribution in [-0.2, 0) is 12.8 Å². The summed E-state index contributed by atoms with van der Waals surface area (Å²) in [5, 5.41) is 6.82. The zero-order valence-corrected chi connectivity index (χ0v) is 11.9. The van der Waals surface area contributed by atoms with Gasteiger partial charge in [0.05, 0.1) is 0 Å². The molecule has 0 fully saturated rings. The van der Waals surface area contributed by atoms with Gasteiger partial charge in [-0.1, -0.05) is 31.5 Å². The van der Waals surface area contributed by atoms with Crippen molar-refractivity contribution in [2.45, 2.75) is 38.6 Å². The summed E-state index contributed by atoms with van der Waals surface area (Å²) in [7, 11) is 4.12. The van der Waals surface area contributed by atoms with Crippen molar-refractivity contribution in [1.29, 1.82) is 0 Å². The molecule has 2 N–H and O–H groups in total. The van der Waals surface area contributed by atoms with Crippen molar-refractivity contribution in [3.8, 4) is 0 Å². The summed E-state index contributed by atoms with van der Waals surface area (Å²) < 4.78 is 0. The molecule has 2 heteroatoms. The Balaban J connectivity index is 2.21. The largest absolute Gasteiger partial charge is 0.319 e. The summed E-state index contributed by atoms with van der Waals surface area (Å²) in [5.74, 6) is 0.652. The Kier molecular flexibility index (Phi) is 4.79. The fraction of sp³-hybridized carbons (Fsp3) is 0.625. The highest BCUT2D eigenvalue weighted by atomic mass is 14.9. The fourth-order valence-electron chi connectivity index (χ4n) is 3.22. The summed E-state index contributed by atoms with van der Waals surface area (Å²) >= 11 is 0. The molecule has 0 bridgehead atoms. The molecular formula is C16H26N2. The maximum absolute atomic E-state index is 3.51. The lowest BCUT2D eigenvalue weighted by Crippen LogP contribution is -2.31. The quantitative estimate of drug-likeness (QED) is 0.806. The predicted octanol–water partition coefficient (Wildman–Crippen LogP) is 2.68. The van der Waals surface area contributed by atoms with Gasteiger partial charge in [0.15, 0.2) is 0 Å². The van der Waals surface area contributed by atoms with Crippen LogP contribution in [0.1, 0.15) is 42.5 Å². The van der Waals surface area contributed by atoms with Crippen LogP contribution in [0.25, 0.3) is 0 Å². The number of hydrogen-bond acceptors (Lipinski definition) is 2. The van der Waals surface area contributed by atoms with Gasteiger partial charge in [0, 0.05) is 6.04 Å². The topological polar surface area (TPSA) is 24.1 Å². The second-order valence-corrected chi connectivity index (χ2v) is 5.37. The van der Waals surface area contributed by atoms with Crippen LogP contribution in [0, 0.1) is 5.92 Å². The fourth-order valence-corrected chi connectivity index (χ4v) is 3.22. The number of nitrogens with one attached hydrogen (secondary N) is 2. The van der Waals surface area contributed by atoms with Gasteiger partial charge in [0.1, 0.15) is 0 Å². The molecule has 100 valence electrons. The SMILES string of the molecule is CCC(CNC)C(NC)c1ccc2c(c1)CCC2. The molecule has 0 radical (unpaired) electrons. The molecule has 2 rings (SSSR count). The van der Waals surface area contributed by atoms with E-state index in [9.17, 15) is 0 Å². The zero-order valence-electron chi connectivity index (χ0n) is 11.9. The third-order valence-corrected chi connectivity index (χ3v) is 4.25. The highest BCUT2D eigenvalue weighted by Crippen LogP contribution is 2.29. The molecule has 0 saturated carbocycles. The van der Waals surface area contributed by atoms with E-state index in [-0.39, 0.29) is 0 Å². The monoisotopic (exact) mass is 246 g/mol. The molecule has 0 amide bonds. The Labute approximate surface area is 111 Å². The Morgan fingerprint density at radius 3 is 2.61 bits per heavy atom. The lowest BCUT2D eigenvalue weighted by atomic mass is 9.89. The minimum atomic E-state index is 0.466. The van der Waals surface area contributed by atoms with E-state index in [4.69, 9.17) is 0 Å². The van der Waals surface area contributed by atoms with Gasteiger partial charge >= 0.3 is 0 Å². The molecule has 0 spiro atoms. The van der Waals surface area contributed by atoms with E-state index >= 15 is 0 Å². The van der Waals surface area contributed by atoms with Gasteiger partial charge < -0.3 is 10.6 Å². The highest BCUT2D eigenvalue weighted by molar-refractivity contribution is 5.36. The van der Waals surface area contributed by atoms with Crippen LogP contribution in [0.2, 0.25) is 0 Å². The zero-order chi connectivity index (χ0) is 13.0. The molecule has 1 aromatic rings. The predicted molar refractivity (Wildman–Crippen MR) is 78.0 cm³/mol. The van der Waals surface area contributed by atoms with Gasteiger partial charge in [-0.2, -0.15) is 0 Å². The Morgan fingerprint density at radius 2 is 1.94 bits per heavy atom. The number of benzene rings is 1. The molecule has 0 saturated heterocycles.